The first-order valence-corrected chi connectivity index (χ1v) is 9.97. The van der Waals surface area contributed by atoms with Gasteiger partial charge in [-0.05, 0) is 23.0 Å². The molecule has 148 valence electrons. The van der Waals surface area contributed by atoms with E-state index in [0.29, 0.717) is 24.5 Å². The third-order valence-electron chi connectivity index (χ3n) is 3.49. The van der Waals surface area contributed by atoms with Crippen molar-refractivity contribution in [3.05, 3.63) is 35.4 Å². The van der Waals surface area contributed by atoms with E-state index in [1.807, 2.05) is 0 Å². The summed E-state index contributed by atoms with van der Waals surface area (Å²) in [5.41, 5.74) is 1.46. The van der Waals surface area contributed by atoms with E-state index in [2.05, 4.69) is 46.1 Å². The summed E-state index contributed by atoms with van der Waals surface area (Å²) in [7, 11) is -3.05. The van der Waals surface area contributed by atoms with Crippen LogP contribution in [0.4, 0.5) is 0 Å². The first-order chi connectivity index (χ1) is 11.7. The largest absolute Gasteiger partial charge is 0.524 e. The van der Waals surface area contributed by atoms with Crippen molar-refractivity contribution in [3.8, 4) is 5.75 Å². The summed E-state index contributed by atoms with van der Waals surface area (Å²) in [5, 5.41) is 0. The third-order valence-corrected chi connectivity index (χ3v) is 3.93. The number of rotatable bonds is 7. The zero-order chi connectivity index (χ0) is 20.2. The lowest BCUT2D eigenvalue weighted by atomic mass is 9.84. The van der Waals surface area contributed by atoms with Crippen molar-refractivity contribution in [1.29, 1.82) is 0 Å². The zero-order valence-corrected chi connectivity index (χ0v) is 17.6. The van der Waals surface area contributed by atoms with E-state index in [0.717, 1.165) is 5.57 Å². The Morgan fingerprint density at radius 3 is 2.19 bits per heavy atom. The highest BCUT2D eigenvalue weighted by atomic mass is 31.2. The van der Waals surface area contributed by atoms with Crippen molar-refractivity contribution < 1.29 is 28.3 Å². The van der Waals surface area contributed by atoms with Gasteiger partial charge in [-0.15, -0.1) is 0 Å². The molecule has 0 radical (unpaired) electrons. The Morgan fingerprint density at radius 1 is 1.12 bits per heavy atom. The lowest BCUT2D eigenvalue weighted by Crippen LogP contribution is -2.21. The van der Waals surface area contributed by atoms with E-state index in [4.69, 9.17) is 19.3 Å². The molecule has 0 aliphatic rings. The van der Waals surface area contributed by atoms with Crippen LogP contribution in [-0.2, 0) is 14.0 Å². The molecular formula is C19H31O6P. The Kier molecular flexibility index (Phi) is 7.49. The maximum Gasteiger partial charge on any atom is 0.524 e. The van der Waals surface area contributed by atoms with Crippen LogP contribution in [0.2, 0.25) is 0 Å². The lowest BCUT2D eigenvalue weighted by Gasteiger charge is -2.28. The fourth-order valence-corrected chi connectivity index (χ4v) is 2.72. The van der Waals surface area contributed by atoms with Crippen LogP contribution in [-0.4, -0.2) is 30.1 Å². The Balaban J connectivity index is 3.26. The number of phosphoric ester groups is 1. The Labute approximate surface area is 156 Å². The molecule has 0 unspecified atom stereocenters. The van der Waals surface area contributed by atoms with Crippen molar-refractivity contribution >= 4 is 13.6 Å². The minimum Gasteiger partial charge on any atom is -0.496 e. The Bertz CT molecular complexity index is 676. The molecule has 1 aromatic carbocycles. The summed E-state index contributed by atoms with van der Waals surface area (Å²) in [4.78, 5) is 18.0. The molecule has 2 N–H and O–H groups in total. The van der Waals surface area contributed by atoms with Gasteiger partial charge in [0.2, 0.25) is 0 Å². The summed E-state index contributed by atoms with van der Waals surface area (Å²) in [6.45, 7) is 13.5. The van der Waals surface area contributed by atoms with Gasteiger partial charge >= 0.3 is 7.82 Å². The Morgan fingerprint density at radius 2 is 1.73 bits per heavy atom. The molecule has 0 aromatic heterocycles. The van der Waals surface area contributed by atoms with Crippen LogP contribution in [0.25, 0.3) is 5.76 Å². The van der Waals surface area contributed by atoms with Gasteiger partial charge < -0.3 is 14.0 Å². The molecule has 0 saturated heterocycles. The molecule has 0 aliphatic heterocycles. The number of hydrogen-bond donors (Lipinski definition) is 2. The molecule has 0 aliphatic carbocycles. The molecular weight excluding hydrogens is 355 g/mol. The van der Waals surface area contributed by atoms with Gasteiger partial charge in [-0.1, -0.05) is 53.7 Å². The smallest absolute Gasteiger partial charge is 0.496 e. The molecule has 0 bridgehead atoms. The minimum atomic E-state index is -4.62. The van der Waals surface area contributed by atoms with Gasteiger partial charge in [0.25, 0.3) is 0 Å². The quantitative estimate of drug-likeness (QED) is 0.525. The molecule has 0 amide bonds. The molecule has 0 spiro atoms. The van der Waals surface area contributed by atoms with Gasteiger partial charge in [-0.2, -0.15) is 0 Å². The maximum atomic E-state index is 11.1. The second-order valence-electron chi connectivity index (χ2n) is 8.42. The number of benzene rings is 1. The minimum absolute atomic E-state index is 0.0490. The molecule has 0 saturated carbocycles. The van der Waals surface area contributed by atoms with Gasteiger partial charge in [-0.25, -0.2) is 4.57 Å². The lowest BCUT2D eigenvalue weighted by molar-refractivity contribution is 0.0787. The summed E-state index contributed by atoms with van der Waals surface area (Å²) in [6, 6.07) is 6.51. The van der Waals surface area contributed by atoms with Crippen molar-refractivity contribution in [2.24, 2.45) is 10.8 Å². The van der Waals surface area contributed by atoms with Crippen molar-refractivity contribution in [2.45, 2.75) is 41.5 Å². The fourth-order valence-electron chi connectivity index (χ4n) is 2.33. The van der Waals surface area contributed by atoms with E-state index in [-0.39, 0.29) is 16.6 Å². The number of hydrogen-bond acceptors (Lipinski definition) is 4. The second-order valence-corrected chi connectivity index (χ2v) is 9.59. The number of ether oxygens (including phenoxy) is 2. The molecule has 6 nitrogen and oxygen atoms in total. The summed E-state index contributed by atoms with van der Waals surface area (Å²) in [6.07, 6.45) is 0. The fraction of sp³-hybridized carbons (Fsp3) is 0.579. The first kappa shape index (κ1) is 22.7. The van der Waals surface area contributed by atoms with Gasteiger partial charge in [0.1, 0.15) is 11.5 Å². The third kappa shape index (κ3) is 7.92. The van der Waals surface area contributed by atoms with Crippen LogP contribution in [0.15, 0.2) is 29.8 Å². The molecule has 7 heteroatoms. The average molecular weight is 386 g/mol. The SMILES string of the molecule is CO/C(=C(/COCC(C)(C)C)C(C)(C)C)c1cccc(OP(=O)(O)O)c1. The number of phosphoric acid groups is 1. The predicted octanol–water partition coefficient (Wildman–Crippen LogP) is 4.62. The van der Waals surface area contributed by atoms with Gasteiger partial charge in [0, 0.05) is 11.1 Å². The highest BCUT2D eigenvalue weighted by Gasteiger charge is 2.25. The maximum absolute atomic E-state index is 11.1. The van der Waals surface area contributed by atoms with Crippen molar-refractivity contribution in [3.63, 3.8) is 0 Å². The normalized spacial score (nSPS) is 14.0. The van der Waals surface area contributed by atoms with E-state index < -0.39 is 7.82 Å². The average Bonchev–Trinajstić information content (AvgIpc) is 2.42. The van der Waals surface area contributed by atoms with Gasteiger partial charge in [-0.3, -0.25) is 9.79 Å². The standard InChI is InChI=1S/C19H31O6P/c1-18(2,3)13-24-12-16(19(4,5)6)17(23-7)14-9-8-10-15(11-14)25-26(20,21)22/h8-11H,12-13H2,1-7H3,(H2,20,21,22)/b17-16-. The van der Waals surface area contributed by atoms with Gasteiger partial charge in [0.15, 0.2) is 0 Å². The molecule has 1 rings (SSSR count). The summed E-state index contributed by atoms with van der Waals surface area (Å²) in [5.74, 6) is 0.692. The summed E-state index contributed by atoms with van der Waals surface area (Å²) >= 11 is 0. The van der Waals surface area contributed by atoms with E-state index in [1.54, 1.807) is 25.3 Å². The van der Waals surface area contributed by atoms with Crippen molar-refractivity contribution in [1.82, 2.24) is 0 Å². The highest BCUT2D eigenvalue weighted by molar-refractivity contribution is 7.46. The zero-order valence-electron chi connectivity index (χ0n) is 16.7. The van der Waals surface area contributed by atoms with Crippen molar-refractivity contribution in [2.75, 3.05) is 20.3 Å². The molecule has 0 atom stereocenters. The Hall–Kier alpha value is -1.33. The van der Waals surface area contributed by atoms with Crippen LogP contribution in [0, 0.1) is 10.8 Å². The van der Waals surface area contributed by atoms with Crippen LogP contribution in [0.1, 0.15) is 47.1 Å². The highest BCUT2D eigenvalue weighted by Crippen LogP contribution is 2.39. The van der Waals surface area contributed by atoms with Crippen LogP contribution >= 0.6 is 7.82 Å². The second kappa shape index (κ2) is 8.57. The summed E-state index contributed by atoms with van der Waals surface area (Å²) < 4.78 is 27.3. The number of methoxy groups -OCH3 is 1. The molecule has 0 heterocycles. The first-order valence-electron chi connectivity index (χ1n) is 8.44. The van der Waals surface area contributed by atoms with E-state index in [1.165, 1.54) is 6.07 Å². The topological polar surface area (TPSA) is 85.2 Å². The van der Waals surface area contributed by atoms with E-state index >= 15 is 0 Å². The van der Waals surface area contributed by atoms with Gasteiger partial charge in [0.05, 0.1) is 20.3 Å². The van der Waals surface area contributed by atoms with Crippen LogP contribution < -0.4 is 4.52 Å². The van der Waals surface area contributed by atoms with Crippen LogP contribution in [0.3, 0.4) is 0 Å². The predicted molar refractivity (Wildman–Crippen MR) is 103 cm³/mol. The molecule has 26 heavy (non-hydrogen) atoms. The molecule has 1 aromatic rings. The van der Waals surface area contributed by atoms with Crippen LogP contribution in [0.5, 0.6) is 5.75 Å². The van der Waals surface area contributed by atoms with E-state index in [9.17, 15) is 4.57 Å². The monoisotopic (exact) mass is 386 g/mol. The molecule has 0 fully saturated rings.